The van der Waals surface area contributed by atoms with Crippen molar-refractivity contribution in [3.8, 4) is 11.4 Å². The Balaban J connectivity index is 0.000000550. The summed E-state index contributed by atoms with van der Waals surface area (Å²) < 4.78 is 6.89. The number of allylic oxidation sites excluding steroid dienone is 2. The summed E-state index contributed by atoms with van der Waals surface area (Å²) in [5.74, 6) is -0.327. The second kappa shape index (κ2) is 15.8. The summed E-state index contributed by atoms with van der Waals surface area (Å²) >= 11 is 10.2. The number of aliphatic carboxylic acids is 1. The van der Waals surface area contributed by atoms with Crippen molar-refractivity contribution in [2.24, 2.45) is 0 Å². The van der Waals surface area contributed by atoms with Gasteiger partial charge < -0.3 is 9.84 Å². The summed E-state index contributed by atoms with van der Waals surface area (Å²) in [5.41, 5.74) is 3.48. The average Bonchev–Trinajstić information content (AvgIpc) is 3.31. The van der Waals surface area contributed by atoms with E-state index in [9.17, 15) is 9.90 Å². The van der Waals surface area contributed by atoms with E-state index in [-0.39, 0.29) is 0 Å². The van der Waals surface area contributed by atoms with Crippen molar-refractivity contribution in [3.63, 3.8) is 0 Å². The van der Waals surface area contributed by atoms with E-state index in [4.69, 9.17) is 27.9 Å². The maximum atomic E-state index is 11.7. The van der Waals surface area contributed by atoms with E-state index < -0.39 is 11.9 Å². The fraction of sp³-hybridized carbons (Fsp3) is 0.259. The van der Waals surface area contributed by atoms with Gasteiger partial charge in [0.15, 0.2) is 0 Å². The van der Waals surface area contributed by atoms with Gasteiger partial charge >= 0.3 is 5.97 Å². The van der Waals surface area contributed by atoms with Gasteiger partial charge in [-0.2, -0.15) is 5.10 Å². The molecule has 0 spiro atoms. The number of halogens is 2. The van der Waals surface area contributed by atoms with Crippen LogP contribution in [0.3, 0.4) is 0 Å². The molecular formula is C27H32Cl2N2O3. The maximum absolute atomic E-state index is 11.7. The van der Waals surface area contributed by atoms with Gasteiger partial charge in [0.25, 0.3) is 0 Å². The van der Waals surface area contributed by atoms with E-state index in [0.29, 0.717) is 17.3 Å². The van der Waals surface area contributed by atoms with Crippen LogP contribution in [0.4, 0.5) is 0 Å². The lowest BCUT2D eigenvalue weighted by Crippen LogP contribution is -2.15. The average molecular weight is 503 g/mol. The monoisotopic (exact) mass is 502 g/mol. The van der Waals surface area contributed by atoms with E-state index in [1.54, 1.807) is 11.8 Å². The Morgan fingerprint density at radius 2 is 1.85 bits per heavy atom. The normalized spacial score (nSPS) is 10.6. The number of rotatable bonds is 8. The predicted molar refractivity (Wildman–Crippen MR) is 142 cm³/mol. The molecule has 0 saturated heterocycles. The van der Waals surface area contributed by atoms with Crippen molar-refractivity contribution in [1.29, 1.82) is 0 Å². The van der Waals surface area contributed by atoms with Crippen molar-refractivity contribution < 1.29 is 14.6 Å². The van der Waals surface area contributed by atoms with Crippen LogP contribution < -0.4 is 4.74 Å². The first-order valence-corrected chi connectivity index (χ1v) is 11.6. The van der Waals surface area contributed by atoms with E-state index in [1.807, 2.05) is 73.8 Å². The van der Waals surface area contributed by atoms with Gasteiger partial charge in [-0.05, 0) is 49.2 Å². The van der Waals surface area contributed by atoms with E-state index >= 15 is 0 Å². The Morgan fingerprint density at radius 3 is 2.32 bits per heavy atom. The lowest BCUT2D eigenvalue weighted by atomic mass is 9.93. The summed E-state index contributed by atoms with van der Waals surface area (Å²) in [6, 6.07) is 17.0. The molecule has 182 valence electrons. The Labute approximate surface area is 212 Å². The molecule has 5 nitrogen and oxygen atoms in total. The van der Waals surface area contributed by atoms with Gasteiger partial charge in [0.1, 0.15) is 5.75 Å². The van der Waals surface area contributed by atoms with Crippen molar-refractivity contribution in [3.05, 3.63) is 102 Å². The number of nitrogens with zero attached hydrogens (tertiary/aromatic N) is 2. The van der Waals surface area contributed by atoms with Crippen molar-refractivity contribution in [2.75, 3.05) is 13.0 Å². The van der Waals surface area contributed by atoms with E-state index in [2.05, 4.69) is 25.2 Å². The van der Waals surface area contributed by atoms with E-state index in [1.165, 1.54) is 0 Å². The van der Waals surface area contributed by atoms with Gasteiger partial charge in [-0.15, -0.1) is 18.2 Å². The van der Waals surface area contributed by atoms with Gasteiger partial charge in [0.2, 0.25) is 0 Å². The summed E-state index contributed by atoms with van der Waals surface area (Å²) in [6.07, 6.45) is 5.15. The standard InChI is InChI=1S/C20H20N2O3.C4H8.C3H4Cl2/c1-14-4-3-5-15(12-14)19(20(23)24)13-16-10-11-22(21-16)17-6-8-18(25-2)9-7-17;1-3-4-2;1-3(5)2-4/h3-12,19H,13H2,1-2H3,(H,23,24);3H,1,4H2,2H3;1-2H2. The number of aryl methyl sites for hydroxylation is 1. The molecule has 0 radical (unpaired) electrons. The van der Waals surface area contributed by atoms with Crippen LogP contribution in [-0.4, -0.2) is 33.8 Å². The molecule has 0 aliphatic heterocycles. The molecule has 2 aromatic carbocycles. The minimum atomic E-state index is -0.843. The SMILES string of the molecule is C=C(Cl)CCl.C=CCC.COc1ccc(-n2ccc(CC(C(=O)O)c3cccc(C)c3)n2)cc1. The number of ether oxygens (including phenoxy) is 1. The van der Waals surface area contributed by atoms with Crippen LogP contribution in [0.2, 0.25) is 0 Å². The molecule has 1 heterocycles. The maximum Gasteiger partial charge on any atom is 0.311 e. The zero-order valence-electron chi connectivity index (χ0n) is 19.9. The molecule has 7 heteroatoms. The lowest BCUT2D eigenvalue weighted by molar-refractivity contribution is -0.138. The number of carboxylic acid groups (broad SMARTS) is 1. The molecule has 1 aromatic heterocycles. The van der Waals surface area contributed by atoms with Crippen molar-refractivity contribution >= 4 is 29.2 Å². The second-order valence-corrected chi connectivity index (χ2v) is 8.11. The third-order valence-corrected chi connectivity index (χ3v) is 5.16. The first kappa shape index (κ1) is 29.0. The highest BCUT2D eigenvalue weighted by molar-refractivity contribution is 6.35. The third kappa shape index (κ3) is 10.3. The van der Waals surface area contributed by atoms with Crippen LogP contribution in [0.1, 0.15) is 36.1 Å². The summed E-state index contributed by atoms with van der Waals surface area (Å²) in [6.45, 7) is 10.8. The summed E-state index contributed by atoms with van der Waals surface area (Å²) in [5, 5.41) is 14.6. The molecule has 1 N–H and O–H groups in total. The molecule has 3 rings (SSSR count). The number of benzene rings is 2. The smallest absolute Gasteiger partial charge is 0.311 e. The molecule has 0 amide bonds. The highest BCUT2D eigenvalue weighted by Crippen LogP contribution is 2.22. The quantitative estimate of drug-likeness (QED) is 0.262. The lowest BCUT2D eigenvalue weighted by Gasteiger charge is -2.12. The number of alkyl halides is 1. The highest BCUT2D eigenvalue weighted by atomic mass is 35.5. The summed E-state index contributed by atoms with van der Waals surface area (Å²) in [4.78, 5) is 11.7. The first-order valence-electron chi connectivity index (χ1n) is 10.7. The Kier molecular flexibility index (Phi) is 13.4. The second-order valence-electron chi connectivity index (χ2n) is 7.31. The zero-order valence-corrected chi connectivity index (χ0v) is 21.4. The van der Waals surface area contributed by atoms with E-state index in [0.717, 1.165) is 34.7 Å². The minimum absolute atomic E-state index is 0.349. The number of carboxylic acids is 1. The van der Waals surface area contributed by atoms with Crippen LogP contribution in [-0.2, 0) is 11.2 Å². The zero-order chi connectivity index (χ0) is 25.5. The van der Waals surface area contributed by atoms with Gasteiger partial charge in [0, 0.05) is 17.6 Å². The molecular weight excluding hydrogens is 471 g/mol. The molecule has 0 bridgehead atoms. The Hall–Kier alpha value is -3.02. The molecule has 0 saturated carbocycles. The molecule has 3 aromatic rings. The summed E-state index contributed by atoms with van der Waals surface area (Å²) in [7, 11) is 1.62. The van der Waals surface area contributed by atoms with Crippen LogP contribution >= 0.6 is 23.2 Å². The van der Waals surface area contributed by atoms with Gasteiger partial charge in [-0.1, -0.05) is 61.0 Å². The van der Waals surface area contributed by atoms with Crippen LogP contribution in [0, 0.1) is 6.92 Å². The van der Waals surface area contributed by atoms with Crippen LogP contribution in [0.15, 0.2) is 85.1 Å². The third-order valence-electron chi connectivity index (χ3n) is 4.57. The Bertz CT molecular complexity index is 1050. The molecule has 34 heavy (non-hydrogen) atoms. The predicted octanol–water partition coefficient (Wildman–Crippen LogP) is 7.16. The Morgan fingerprint density at radius 1 is 1.24 bits per heavy atom. The van der Waals surface area contributed by atoms with Crippen LogP contribution in [0.5, 0.6) is 5.75 Å². The molecule has 1 atom stereocenters. The van der Waals surface area contributed by atoms with Gasteiger partial charge in [0.05, 0.1) is 30.3 Å². The van der Waals surface area contributed by atoms with Gasteiger partial charge in [-0.25, -0.2) is 4.68 Å². The highest BCUT2D eigenvalue weighted by Gasteiger charge is 2.21. The van der Waals surface area contributed by atoms with Gasteiger partial charge in [-0.3, -0.25) is 4.79 Å². The number of aromatic nitrogens is 2. The topological polar surface area (TPSA) is 64.3 Å². The molecule has 1 unspecified atom stereocenters. The number of carbonyl (C=O) groups is 1. The van der Waals surface area contributed by atoms with Crippen LogP contribution in [0.25, 0.3) is 5.69 Å². The number of hydrogen-bond donors (Lipinski definition) is 1. The van der Waals surface area contributed by atoms with Crippen molar-refractivity contribution in [1.82, 2.24) is 9.78 Å². The van der Waals surface area contributed by atoms with Crippen molar-refractivity contribution in [2.45, 2.75) is 32.6 Å². The molecule has 0 aliphatic rings. The molecule has 0 aliphatic carbocycles. The minimum Gasteiger partial charge on any atom is -0.497 e. The largest absolute Gasteiger partial charge is 0.497 e. The molecule has 0 fully saturated rings. The fourth-order valence-electron chi connectivity index (χ4n) is 2.79. The number of methoxy groups -OCH3 is 1. The first-order chi connectivity index (χ1) is 16.2. The fourth-order valence-corrected chi connectivity index (χ4v) is 2.79. The number of hydrogen-bond acceptors (Lipinski definition) is 3.